The van der Waals surface area contributed by atoms with Gasteiger partial charge >= 0.3 is 0 Å². The molecule has 2 aromatic carbocycles. The number of non-ortho nitro benzene ring substituents is 1. The van der Waals surface area contributed by atoms with Crippen LogP contribution >= 0.6 is 0 Å². The molecule has 2 amide bonds. The number of carbonyl (C=O) groups excluding carboxylic acids is 2. The number of nitrogens with zero attached hydrogens (tertiary/aromatic N) is 2. The number of hydrogen-bond acceptors (Lipinski definition) is 5. The second-order valence-corrected chi connectivity index (χ2v) is 6.68. The zero-order valence-corrected chi connectivity index (χ0v) is 16.4. The van der Waals surface area contributed by atoms with Crippen LogP contribution < -0.4 is 10.6 Å². The van der Waals surface area contributed by atoms with Crippen LogP contribution in [0.3, 0.4) is 0 Å². The molecule has 0 spiro atoms. The molecule has 2 N–H and O–H groups in total. The molecule has 2 aromatic rings. The fourth-order valence-electron chi connectivity index (χ4n) is 2.55. The van der Waals surface area contributed by atoms with Crippen molar-refractivity contribution in [3.05, 3.63) is 63.7 Å². The summed E-state index contributed by atoms with van der Waals surface area (Å²) in [5.41, 5.74) is 3.24. The van der Waals surface area contributed by atoms with Crippen molar-refractivity contribution in [2.75, 3.05) is 24.2 Å². The molecule has 28 heavy (non-hydrogen) atoms. The average Bonchev–Trinajstić information content (AvgIpc) is 2.65. The van der Waals surface area contributed by atoms with Crippen LogP contribution in [-0.2, 0) is 9.59 Å². The van der Waals surface area contributed by atoms with Crippen LogP contribution in [0.1, 0.15) is 18.1 Å². The Balaban J connectivity index is 1.92. The van der Waals surface area contributed by atoms with Gasteiger partial charge in [-0.15, -0.1) is 0 Å². The van der Waals surface area contributed by atoms with Gasteiger partial charge in [-0.25, -0.2) is 0 Å². The topological polar surface area (TPSA) is 105 Å². The summed E-state index contributed by atoms with van der Waals surface area (Å²) in [6.07, 6.45) is 0. The Morgan fingerprint density at radius 3 is 2.36 bits per heavy atom. The summed E-state index contributed by atoms with van der Waals surface area (Å²) in [7, 11) is 1.68. The monoisotopic (exact) mass is 384 g/mol. The molecule has 0 aromatic heterocycles. The first-order chi connectivity index (χ1) is 13.2. The molecule has 0 aliphatic heterocycles. The molecule has 8 nitrogen and oxygen atoms in total. The second-order valence-electron chi connectivity index (χ2n) is 6.68. The van der Waals surface area contributed by atoms with Gasteiger partial charge in [0.2, 0.25) is 11.8 Å². The highest BCUT2D eigenvalue weighted by atomic mass is 16.6. The van der Waals surface area contributed by atoms with Crippen molar-refractivity contribution in [1.29, 1.82) is 0 Å². The van der Waals surface area contributed by atoms with Gasteiger partial charge in [0.25, 0.3) is 5.69 Å². The normalized spacial score (nSPS) is 11.8. The number of carbonyl (C=O) groups is 2. The lowest BCUT2D eigenvalue weighted by molar-refractivity contribution is -0.384. The maximum Gasteiger partial charge on any atom is 0.269 e. The number of nitro benzene ring substituents is 1. The molecule has 1 unspecified atom stereocenters. The zero-order chi connectivity index (χ0) is 20.8. The number of aryl methyl sites for hydroxylation is 1. The fourth-order valence-corrected chi connectivity index (χ4v) is 2.55. The molecule has 0 bridgehead atoms. The third-order valence-corrected chi connectivity index (χ3v) is 4.66. The number of hydrogen-bond donors (Lipinski definition) is 2. The third kappa shape index (κ3) is 5.37. The summed E-state index contributed by atoms with van der Waals surface area (Å²) in [5, 5.41) is 16.2. The standard InChI is InChI=1S/C20H24N4O4/c1-13-6-5-7-18(14(13)2)22-19(25)12-23(4)15(3)20(26)21-16-8-10-17(11-9-16)24(27)28/h5-11,15H,12H2,1-4H3,(H,21,26)(H,22,25). The van der Waals surface area contributed by atoms with E-state index in [1.54, 1.807) is 18.9 Å². The lowest BCUT2D eigenvalue weighted by atomic mass is 10.1. The number of likely N-dealkylation sites (N-methyl/N-ethyl adjacent to an activating group) is 1. The minimum Gasteiger partial charge on any atom is -0.325 e. The highest BCUT2D eigenvalue weighted by Gasteiger charge is 2.21. The first-order valence-corrected chi connectivity index (χ1v) is 8.80. The maximum absolute atomic E-state index is 12.4. The van der Waals surface area contributed by atoms with E-state index in [0.717, 1.165) is 16.8 Å². The third-order valence-electron chi connectivity index (χ3n) is 4.66. The van der Waals surface area contributed by atoms with Gasteiger partial charge in [-0.1, -0.05) is 12.1 Å². The highest BCUT2D eigenvalue weighted by Crippen LogP contribution is 2.18. The Kier molecular flexibility index (Phi) is 6.84. The molecule has 0 saturated carbocycles. The molecule has 0 radical (unpaired) electrons. The minimum absolute atomic E-state index is 0.0439. The molecular formula is C20H24N4O4. The van der Waals surface area contributed by atoms with Crippen molar-refractivity contribution < 1.29 is 14.5 Å². The van der Waals surface area contributed by atoms with Crippen molar-refractivity contribution in [2.24, 2.45) is 0 Å². The lowest BCUT2D eigenvalue weighted by Gasteiger charge is -2.23. The molecule has 0 heterocycles. The smallest absolute Gasteiger partial charge is 0.269 e. The van der Waals surface area contributed by atoms with Crippen LogP contribution in [-0.4, -0.2) is 41.3 Å². The Bertz CT molecular complexity index is 880. The lowest BCUT2D eigenvalue weighted by Crippen LogP contribution is -2.43. The van der Waals surface area contributed by atoms with E-state index in [0.29, 0.717) is 5.69 Å². The van der Waals surface area contributed by atoms with E-state index in [9.17, 15) is 19.7 Å². The van der Waals surface area contributed by atoms with Crippen molar-refractivity contribution in [3.8, 4) is 0 Å². The van der Waals surface area contributed by atoms with E-state index in [1.165, 1.54) is 24.3 Å². The van der Waals surface area contributed by atoms with E-state index in [1.807, 2.05) is 32.0 Å². The predicted molar refractivity (Wildman–Crippen MR) is 108 cm³/mol. The highest BCUT2D eigenvalue weighted by molar-refractivity contribution is 5.96. The summed E-state index contributed by atoms with van der Waals surface area (Å²) in [4.78, 5) is 36.5. The first kappa shape index (κ1) is 21.0. The van der Waals surface area contributed by atoms with E-state index in [-0.39, 0.29) is 24.0 Å². The Hall–Kier alpha value is -3.26. The molecule has 0 aliphatic carbocycles. The van der Waals surface area contributed by atoms with Crippen LogP contribution in [0.25, 0.3) is 0 Å². The van der Waals surface area contributed by atoms with Crippen LogP contribution in [0.4, 0.5) is 17.1 Å². The fraction of sp³-hybridized carbons (Fsp3) is 0.300. The van der Waals surface area contributed by atoms with Crippen molar-refractivity contribution in [2.45, 2.75) is 26.8 Å². The number of anilines is 2. The van der Waals surface area contributed by atoms with E-state index in [4.69, 9.17) is 0 Å². The van der Waals surface area contributed by atoms with Crippen LogP contribution in [0.15, 0.2) is 42.5 Å². The Morgan fingerprint density at radius 2 is 1.75 bits per heavy atom. The molecule has 0 fully saturated rings. The van der Waals surface area contributed by atoms with Gasteiger partial charge in [0.15, 0.2) is 0 Å². The molecular weight excluding hydrogens is 360 g/mol. The number of nitrogens with one attached hydrogen (secondary N) is 2. The number of rotatable bonds is 7. The first-order valence-electron chi connectivity index (χ1n) is 8.80. The molecule has 0 aliphatic rings. The van der Waals surface area contributed by atoms with Gasteiger partial charge in [-0.05, 0) is 57.1 Å². The Morgan fingerprint density at radius 1 is 1.11 bits per heavy atom. The molecule has 148 valence electrons. The largest absolute Gasteiger partial charge is 0.325 e. The molecule has 2 rings (SSSR count). The average molecular weight is 384 g/mol. The quantitative estimate of drug-likeness (QED) is 0.564. The van der Waals surface area contributed by atoms with E-state index in [2.05, 4.69) is 10.6 Å². The van der Waals surface area contributed by atoms with E-state index >= 15 is 0 Å². The number of nitro groups is 1. The van der Waals surface area contributed by atoms with Gasteiger partial charge in [-0.3, -0.25) is 24.6 Å². The minimum atomic E-state index is -0.570. The summed E-state index contributed by atoms with van der Waals surface area (Å²) < 4.78 is 0. The van der Waals surface area contributed by atoms with Crippen LogP contribution in [0.2, 0.25) is 0 Å². The van der Waals surface area contributed by atoms with Crippen LogP contribution in [0, 0.1) is 24.0 Å². The summed E-state index contributed by atoms with van der Waals surface area (Å²) in [6, 6.07) is 10.7. The van der Waals surface area contributed by atoms with Gasteiger partial charge in [0, 0.05) is 23.5 Å². The predicted octanol–water partition coefficient (Wildman–Crippen LogP) is 3.11. The maximum atomic E-state index is 12.4. The number of benzene rings is 2. The van der Waals surface area contributed by atoms with Gasteiger partial charge in [-0.2, -0.15) is 0 Å². The Labute approximate surface area is 163 Å². The summed E-state index contributed by atoms with van der Waals surface area (Å²) >= 11 is 0. The second kappa shape index (κ2) is 9.09. The molecule has 8 heteroatoms. The van der Waals surface area contributed by atoms with Crippen molar-refractivity contribution >= 4 is 28.9 Å². The molecule has 1 atom stereocenters. The van der Waals surface area contributed by atoms with Gasteiger partial charge in [0.05, 0.1) is 17.5 Å². The van der Waals surface area contributed by atoms with Crippen LogP contribution in [0.5, 0.6) is 0 Å². The summed E-state index contributed by atoms with van der Waals surface area (Å²) in [6.45, 7) is 5.64. The van der Waals surface area contributed by atoms with Gasteiger partial charge < -0.3 is 10.6 Å². The number of amides is 2. The van der Waals surface area contributed by atoms with E-state index < -0.39 is 11.0 Å². The van der Waals surface area contributed by atoms with Crippen molar-refractivity contribution in [3.63, 3.8) is 0 Å². The SMILES string of the molecule is Cc1cccc(NC(=O)CN(C)C(C)C(=O)Nc2ccc([N+](=O)[O-])cc2)c1C. The van der Waals surface area contributed by atoms with Crippen molar-refractivity contribution in [1.82, 2.24) is 4.90 Å². The summed E-state index contributed by atoms with van der Waals surface area (Å²) in [5.74, 6) is -0.526. The molecule has 0 saturated heterocycles. The zero-order valence-electron chi connectivity index (χ0n) is 16.4. The van der Waals surface area contributed by atoms with Gasteiger partial charge in [0.1, 0.15) is 0 Å².